The molecule has 2 rings (SSSR count). The van der Waals surface area contributed by atoms with Gasteiger partial charge in [-0.15, -0.1) is 11.8 Å². The number of sulfonamides is 1. The summed E-state index contributed by atoms with van der Waals surface area (Å²) in [6, 6.07) is 7.48. The normalized spacial score (nSPS) is 20.8. The standard InChI is InChI=1S/C14H19NO3S2/c1-20(17,18)15-8-2-3-13(9-15)11-19-14-6-4-12(10-16)5-7-14/h4-7,10,13H,2-3,8-9,11H2,1H3. The summed E-state index contributed by atoms with van der Waals surface area (Å²) in [5, 5.41) is 0. The van der Waals surface area contributed by atoms with Gasteiger partial charge in [-0.25, -0.2) is 12.7 Å². The molecule has 1 aromatic rings. The zero-order chi connectivity index (χ0) is 14.6. The Morgan fingerprint density at radius 2 is 2.05 bits per heavy atom. The van der Waals surface area contributed by atoms with E-state index in [9.17, 15) is 13.2 Å². The highest BCUT2D eigenvalue weighted by molar-refractivity contribution is 7.99. The van der Waals surface area contributed by atoms with Crippen molar-refractivity contribution in [1.82, 2.24) is 4.31 Å². The first-order valence-electron chi connectivity index (χ1n) is 6.62. The number of nitrogens with zero attached hydrogens (tertiary/aromatic N) is 1. The van der Waals surface area contributed by atoms with Crippen molar-refractivity contribution in [2.45, 2.75) is 17.7 Å². The van der Waals surface area contributed by atoms with E-state index in [-0.39, 0.29) is 0 Å². The van der Waals surface area contributed by atoms with E-state index in [1.807, 2.05) is 12.1 Å². The summed E-state index contributed by atoms with van der Waals surface area (Å²) >= 11 is 1.72. The third kappa shape index (κ3) is 4.33. The van der Waals surface area contributed by atoms with Crippen LogP contribution in [0.5, 0.6) is 0 Å². The van der Waals surface area contributed by atoms with E-state index in [1.165, 1.54) is 6.26 Å². The molecule has 6 heteroatoms. The Morgan fingerprint density at radius 1 is 1.35 bits per heavy atom. The largest absolute Gasteiger partial charge is 0.298 e. The summed E-state index contributed by atoms with van der Waals surface area (Å²) < 4.78 is 24.7. The van der Waals surface area contributed by atoms with Crippen molar-refractivity contribution >= 4 is 28.1 Å². The topological polar surface area (TPSA) is 54.5 Å². The average Bonchev–Trinajstić information content (AvgIpc) is 2.45. The molecular formula is C14H19NO3S2. The fourth-order valence-corrected chi connectivity index (χ4v) is 4.29. The highest BCUT2D eigenvalue weighted by Gasteiger charge is 2.25. The smallest absolute Gasteiger partial charge is 0.211 e. The van der Waals surface area contributed by atoms with Crippen molar-refractivity contribution < 1.29 is 13.2 Å². The number of hydrogen-bond acceptors (Lipinski definition) is 4. The molecule has 0 saturated carbocycles. The summed E-state index contributed by atoms with van der Waals surface area (Å²) in [5.41, 5.74) is 0.676. The summed E-state index contributed by atoms with van der Waals surface area (Å²) in [6.07, 6.45) is 4.12. The van der Waals surface area contributed by atoms with Gasteiger partial charge in [0, 0.05) is 29.3 Å². The molecule has 1 heterocycles. The Hall–Kier alpha value is -0.850. The zero-order valence-electron chi connectivity index (χ0n) is 11.5. The first kappa shape index (κ1) is 15.5. The van der Waals surface area contributed by atoms with Crippen molar-refractivity contribution in [3.8, 4) is 0 Å². The van der Waals surface area contributed by atoms with E-state index < -0.39 is 10.0 Å². The van der Waals surface area contributed by atoms with E-state index in [0.29, 0.717) is 24.6 Å². The lowest BCUT2D eigenvalue weighted by Gasteiger charge is -2.30. The lowest BCUT2D eigenvalue weighted by Crippen LogP contribution is -2.39. The second-order valence-corrected chi connectivity index (χ2v) is 8.20. The molecule has 110 valence electrons. The first-order valence-corrected chi connectivity index (χ1v) is 9.45. The maximum absolute atomic E-state index is 11.6. The predicted molar refractivity (Wildman–Crippen MR) is 81.7 cm³/mol. The number of carbonyl (C=O) groups excluding carboxylic acids is 1. The number of hydrogen-bond donors (Lipinski definition) is 0. The minimum Gasteiger partial charge on any atom is -0.298 e. The van der Waals surface area contributed by atoms with E-state index >= 15 is 0 Å². The minimum atomic E-state index is -3.07. The predicted octanol–water partition coefficient (Wildman–Crippen LogP) is 2.26. The van der Waals surface area contributed by atoms with E-state index in [2.05, 4.69) is 0 Å². The average molecular weight is 313 g/mol. The fourth-order valence-electron chi connectivity index (χ4n) is 2.32. The molecule has 0 spiro atoms. The Kier molecular flexibility index (Phi) is 5.23. The van der Waals surface area contributed by atoms with Crippen LogP contribution in [0.1, 0.15) is 23.2 Å². The van der Waals surface area contributed by atoms with Crippen LogP contribution in [-0.2, 0) is 10.0 Å². The van der Waals surface area contributed by atoms with Crippen LogP contribution in [0, 0.1) is 5.92 Å². The van der Waals surface area contributed by atoms with Gasteiger partial charge in [0.25, 0.3) is 0 Å². The van der Waals surface area contributed by atoms with Crippen LogP contribution in [0.3, 0.4) is 0 Å². The number of thioether (sulfide) groups is 1. The molecule has 0 aromatic heterocycles. The molecule has 0 amide bonds. The van der Waals surface area contributed by atoms with Crippen molar-refractivity contribution in [2.75, 3.05) is 25.1 Å². The van der Waals surface area contributed by atoms with Crippen LogP contribution in [0.2, 0.25) is 0 Å². The van der Waals surface area contributed by atoms with Crippen molar-refractivity contribution in [2.24, 2.45) is 5.92 Å². The molecule has 4 nitrogen and oxygen atoms in total. The minimum absolute atomic E-state index is 0.397. The molecule has 0 N–H and O–H groups in total. The second kappa shape index (κ2) is 6.74. The molecule has 1 aliphatic heterocycles. The monoisotopic (exact) mass is 313 g/mol. The van der Waals surface area contributed by atoms with E-state index in [1.54, 1.807) is 28.2 Å². The van der Waals surface area contributed by atoms with Crippen molar-refractivity contribution in [1.29, 1.82) is 0 Å². The molecule has 20 heavy (non-hydrogen) atoms. The Balaban J connectivity index is 1.88. The molecule has 1 aromatic carbocycles. The second-order valence-electron chi connectivity index (χ2n) is 5.13. The summed E-state index contributed by atoms with van der Waals surface area (Å²) in [4.78, 5) is 11.7. The number of carbonyl (C=O) groups is 1. The lowest BCUT2D eigenvalue weighted by atomic mass is 10.0. The summed E-state index contributed by atoms with van der Waals surface area (Å²) in [7, 11) is -3.07. The Labute approximate surface area is 124 Å². The number of benzene rings is 1. The molecule has 0 bridgehead atoms. The van der Waals surface area contributed by atoms with Crippen molar-refractivity contribution in [3.63, 3.8) is 0 Å². The quantitative estimate of drug-likeness (QED) is 0.618. The van der Waals surface area contributed by atoms with Gasteiger partial charge >= 0.3 is 0 Å². The maximum atomic E-state index is 11.6. The molecule has 1 unspecified atom stereocenters. The van der Waals surface area contributed by atoms with Crippen molar-refractivity contribution in [3.05, 3.63) is 29.8 Å². The highest BCUT2D eigenvalue weighted by Crippen LogP contribution is 2.26. The van der Waals surface area contributed by atoms with Gasteiger partial charge in [-0.3, -0.25) is 4.79 Å². The third-order valence-corrected chi connectivity index (χ3v) is 5.97. The van der Waals surface area contributed by atoms with Gasteiger partial charge in [-0.2, -0.15) is 0 Å². The lowest BCUT2D eigenvalue weighted by molar-refractivity contribution is 0.112. The Bertz CT molecular complexity index is 554. The third-order valence-electron chi connectivity index (χ3n) is 3.45. The van der Waals surface area contributed by atoms with Crippen LogP contribution in [0.15, 0.2) is 29.2 Å². The van der Waals surface area contributed by atoms with Gasteiger partial charge in [-0.05, 0) is 30.9 Å². The molecular weight excluding hydrogens is 294 g/mol. The van der Waals surface area contributed by atoms with Gasteiger partial charge in [0.15, 0.2) is 0 Å². The van der Waals surface area contributed by atoms with Gasteiger partial charge in [0.05, 0.1) is 6.26 Å². The van der Waals surface area contributed by atoms with Crippen LogP contribution < -0.4 is 0 Å². The molecule has 0 radical (unpaired) electrons. The molecule has 1 atom stereocenters. The van der Waals surface area contributed by atoms with Gasteiger partial charge in [0.2, 0.25) is 10.0 Å². The fraction of sp³-hybridized carbons (Fsp3) is 0.500. The Morgan fingerprint density at radius 3 is 2.65 bits per heavy atom. The van der Waals surface area contributed by atoms with Crippen LogP contribution >= 0.6 is 11.8 Å². The summed E-state index contributed by atoms with van der Waals surface area (Å²) in [6.45, 7) is 1.27. The van der Waals surface area contributed by atoms with Gasteiger partial charge in [-0.1, -0.05) is 12.1 Å². The van der Waals surface area contributed by atoms with Crippen LogP contribution in [0.25, 0.3) is 0 Å². The van der Waals surface area contributed by atoms with Crippen LogP contribution in [0.4, 0.5) is 0 Å². The van der Waals surface area contributed by atoms with Crippen LogP contribution in [-0.4, -0.2) is 44.1 Å². The molecule has 0 aliphatic carbocycles. The molecule has 1 aliphatic rings. The molecule has 1 saturated heterocycles. The number of rotatable bonds is 5. The summed E-state index contributed by atoms with van der Waals surface area (Å²) in [5.74, 6) is 1.31. The first-order chi connectivity index (χ1) is 9.49. The number of piperidine rings is 1. The van der Waals surface area contributed by atoms with Gasteiger partial charge < -0.3 is 0 Å². The highest BCUT2D eigenvalue weighted by atomic mass is 32.2. The van der Waals surface area contributed by atoms with E-state index in [0.717, 1.165) is 29.8 Å². The van der Waals surface area contributed by atoms with E-state index in [4.69, 9.17) is 0 Å². The maximum Gasteiger partial charge on any atom is 0.211 e. The zero-order valence-corrected chi connectivity index (χ0v) is 13.1. The molecule has 1 fully saturated rings. The number of aldehydes is 1. The SMILES string of the molecule is CS(=O)(=O)N1CCCC(CSc2ccc(C=O)cc2)C1. The van der Waals surface area contributed by atoms with Gasteiger partial charge in [0.1, 0.15) is 6.29 Å².